The summed E-state index contributed by atoms with van der Waals surface area (Å²) in [5, 5.41) is 6.08. The predicted molar refractivity (Wildman–Crippen MR) is 105 cm³/mol. The molecule has 6 nitrogen and oxygen atoms in total. The maximum atomic E-state index is 13.3. The Morgan fingerprint density at radius 3 is 2.39 bits per heavy atom. The monoisotopic (exact) mass is 401 g/mol. The quantitative estimate of drug-likeness (QED) is 0.689. The van der Waals surface area contributed by atoms with E-state index < -0.39 is 21.0 Å². The third-order valence-corrected chi connectivity index (χ3v) is 5.89. The summed E-state index contributed by atoms with van der Waals surface area (Å²) in [7, 11) is -3.49. The van der Waals surface area contributed by atoms with Crippen molar-refractivity contribution >= 4 is 15.7 Å². The summed E-state index contributed by atoms with van der Waals surface area (Å²) in [6.07, 6.45) is 2.79. The SMILES string of the molecule is CC(C(=O)NCc1cn(-c2ccccc2)nc1-c1ccc(F)cc1)S(C)(=O)=O. The van der Waals surface area contributed by atoms with Crippen LogP contribution in [0.3, 0.4) is 0 Å². The van der Waals surface area contributed by atoms with Crippen molar-refractivity contribution in [2.45, 2.75) is 18.7 Å². The molecule has 28 heavy (non-hydrogen) atoms. The fourth-order valence-electron chi connectivity index (χ4n) is 2.62. The van der Waals surface area contributed by atoms with Gasteiger partial charge in [-0.3, -0.25) is 4.79 Å². The minimum Gasteiger partial charge on any atom is -0.351 e. The van der Waals surface area contributed by atoms with E-state index in [4.69, 9.17) is 0 Å². The summed E-state index contributed by atoms with van der Waals surface area (Å²) < 4.78 is 38.1. The number of benzene rings is 2. The van der Waals surface area contributed by atoms with Crippen molar-refractivity contribution in [1.82, 2.24) is 15.1 Å². The topological polar surface area (TPSA) is 81.1 Å². The molecule has 1 heterocycles. The second kappa shape index (κ2) is 7.93. The van der Waals surface area contributed by atoms with E-state index in [-0.39, 0.29) is 12.4 Å². The molecule has 1 unspecified atom stereocenters. The molecule has 0 saturated carbocycles. The van der Waals surface area contributed by atoms with E-state index in [1.165, 1.54) is 19.1 Å². The Hall–Kier alpha value is -3.00. The van der Waals surface area contributed by atoms with Crippen LogP contribution in [0, 0.1) is 5.82 Å². The van der Waals surface area contributed by atoms with Crippen molar-refractivity contribution in [3.63, 3.8) is 0 Å². The van der Waals surface area contributed by atoms with Crippen molar-refractivity contribution in [1.29, 1.82) is 0 Å². The number of aromatic nitrogens is 2. The number of carbonyl (C=O) groups excluding carboxylic acids is 1. The van der Waals surface area contributed by atoms with Gasteiger partial charge in [0.15, 0.2) is 9.84 Å². The van der Waals surface area contributed by atoms with Crippen LogP contribution in [0.1, 0.15) is 12.5 Å². The van der Waals surface area contributed by atoms with E-state index in [0.717, 1.165) is 11.9 Å². The molecular weight excluding hydrogens is 381 g/mol. The molecule has 1 amide bonds. The molecule has 0 saturated heterocycles. The standard InChI is InChI=1S/C20H20FN3O3S/c1-14(28(2,26)27)20(25)22-12-16-13-24(18-6-4-3-5-7-18)23-19(16)15-8-10-17(21)11-9-15/h3-11,13-14H,12H2,1-2H3,(H,22,25). The number of halogens is 1. The minimum absolute atomic E-state index is 0.0955. The van der Waals surface area contributed by atoms with Crippen LogP contribution in [0.25, 0.3) is 16.9 Å². The predicted octanol–water partition coefficient (Wildman–Crippen LogP) is 2.73. The lowest BCUT2D eigenvalue weighted by atomic mass is 10.1. The van der Waals surface area contributed by atoms with Crippen LogP contribution in [0.5, 0.6) is 0 Å². The molecule has 0 aliphatic carbocycles. The molecule has 1 aromatic heterocycles. The largest absolute Gasteiger partial charge is 0.351 e. The first-order valence-electron chi connectivity index (χ1n) is 8.62. The molecule has 8 heteroatoms. The van der Waals surface area contributed by atoms with E-state index >= 15 is 0 Å². The highest BCUT2D eigenvalue weighted by molar-refractivity contribution is 7.92. The molecular formula is C20H20FN3O3S. The number of nitrogens with zero attached hydrogens (tertiary/aromatic N) is 2. The molecule has 0 aliphatic rings. The number of hydrogen-bond acceptors (Lipinski definition) is 4. The average Bonchev–Trinajstić information content (AvgIpc) is 3.10. The first-order valence-corrected chi connectivity index (χ1v) is 10.6. The van der Waals surface area contributed by atoms with Gasteiger partial charge in [0, 0.05) is 30.1 Å². The Labute approximate surface area is 162 Å². The number of hydrogen-bond donors (Lipinski definition) is 1. The van der Waals surface area contributed by atoms with Gasteiger partial charge in [0.2, 0.25) is 5.91 Å². The van der Waals surface area contributed by atoms with E-state index in [2.05, 4.69) is 10.4 Å². The third kappa shape index (κ3) is 4.45. The van der Waals surface area contributed by atoms with Crippen molar-refractivity contribution in [3.8, 4) is 16.9 Å². The zero-order valence-electron chi connectivity index (χ0n) is 15.5. The Balaban J connectivity index is 1.93. The van der Waals surface area contributed by atoms with E-state index in [9.17, 15) is 17.6 Å². The first kappa shape index (κ1) is 19.8. The van der Waals surface area contributed by atoms with Gasteiger partial charge in [-0.1, -0.05) is 18.2 Å². The van der Waals surface area contributed by atoms with Gasteiger partial charge in [-0.05, 0) is 43.3 Å². The van der Waals surface area contributed by atoms with Crippen LogP contribution >= 0.6 is 0 Å². The van der Waals surface area contributed by atoms with Crippen LogP contribution in [-0.4, -0.2) is 35.6 Å². The fraction of sp³-hybridized carbons (Fsp3) is 0.200. The lowest BCUT2D eigenvalue weighted by Crippen LogP contribution is -2.37. The van der Waals surface area contributed by atoms with Gasteiger partial charge < -0.3 is 5.32 Å². The van der Waals surface area contributed by atoms with Gasteiger partial charge >= 0.3 is 0 Å². The highest BCUT2D eigenvalue weighted by Gasteiger charge is 2.23. The Morgan fingerprint density at radius 1 is 1.14 bits per heavy atom. The molecule has 2 aromatic carbocycles. The summed E-state index contributed by atoms with van der Waals surface area (Å²) in [5.41, 5.74) is 2.78. The molecule has 1 N–H and O–H groups in total. The van der Waals surface area contributed by atoms with Gasteiger partial charge in [0.1, 0.15) is 11.1 Å². The molecule has 3 rings (SSSR count). The zero-order valence-corrected chi connectivity index (χ0v) is 16.3. The molecule has 0 aliphatic heterocycles. The van der Waals surface area contributed by atoms with E-state index in [1.54, 1.807) is 23.0 Å². The number of sulfone groups is 1. The second-order valence-corrected chi connectivity index (χ2v) is 8.85. The van der Waals surface area contributed by atoms with Crippen molar-refractivity contribution < 1.29 is 17.6 Å². The number of nitrogens with one attached hydrogen (secondary N) is 1. The first-order chi connectivity index (χ1) is 13.3. The van der Waals surface area contributed by atoms with Crippen LogP contribution in [-0.2, 0) is 21.2 Å². The van der Waals surface area contributed by atoms with Crippen molar-refractivity contribution in [2.75, 3.05) is 6.26 Å². The normalized spacial score (nSPS) is 12.5. The average molecular weight is 401 g/mol. The Bertz CT molecular complexity index is 1080. The van der Waals surface area contributed by atoms with Crippen LogP contribution in [0.2, 0.25) is 0 Å². The fourth-order valence-corrected chi connectivity index (χ4v) is 3.10. The Morgan fingerprint density at radius 2 is 1.79 bits per heavy atom. The lowest BCUT2D eigenvalue weighted by molar-refractivity contribution is -0.120. The number of carbonyl (C=O) groups is 1. The second-order valence-electron chi connectivity index (χ2n) is 6.48. The number of rotatable bonds is 6. The maximum absolute atomic E-state index is 13.3. The van der Waals surface area contributed by atoms with Gasteiger partial charge in [0.05, 0.1) is 11.4 Å². The molecule has 3 aromatic rings. The highest BCUT2D eigenvalue weighted by Crippen LogP contribution is 2.24. The summed E-state index contributed by atoms with van der Waals surface area (Å²) in [6.45, 7) is 1.44. The van der Waals surface area contributed by atoms with Gasteiger partial charge in [-0.25, -0.2) is 17.5 Å². The smallest absolute Gasteiger partial charge is 0.238 e. The van der Waals surface area contributed by atoms with E-state index in [0.29, 0.717) is 16.8 Å². The summed E-state index contributed by atoms with van der Waals surface area (Å²) in [4.78, 5) is 12.2. The maximum Gasteiger partial charge on any atom is 0.238 e. The molecule has 0 spiro atoms. The van der Waals surface area contributed by atoms with Crippen molar-refractivity contribution in [2.24, 2.45) is 0 Å². The summed E-state index contributed by atoms with van der Waals surface area (Å²) >= 11 is 0. The highest BCUT2D eigenvalue weighted by atomic mass is 32.2. The molecule has 0 bridgehead atoms. The lowest BCUT2D eigenvalue weighted by Gasteiger charge is -2.10. The van der Waals surface area contributed by atoms with Crippen molar-refractivity contribution in [3.05, 3.63) is 72.2 Å². The number of para-hydroxylation sites is 1. The van der Waals surface area contributed by atoms with Gasteiger partial charge in [-0.15, -0.1) is 0 Å². The number of amides is 1. The Kier molecular flexibility index (Phi) is 5.60. The minimum atomic E-state index is -3.49. The molecule has 1 atom stereocenters. The third-order valence-electron chi connectivity index (χ3n) is 4.39. The molecule has 0 fully saturated rings. The van der Waals surface area contributed by atoms with Crippen LogP contribution in [0.4, 0.5) is 4.39 Å². The zero-order chi connectivity index (χ0) is 20.3. The van der Waals surface area contributed by atoms with Crippen LogP contribution < -0.4 is 5.32 Å². The van der Waals surface area contributed by atoms with E-state index in [1.807, 2.05) is 30.3 Å². The molecule has 0 radical (unpaired) electrons. The summed E-state index contributed by atoms with van der Waals surface area (Å²) in [6, 6.07) is 15.3. The van der Waals surface area contributed by atoms with Crippen LogP contribution in [0.15, 0.2) is 60.8 Å². The summed E-state index contributed by atoms with van der Waals surface area (Å²) in [5.74, 6) is -0.942. The molecule has 146 valence electrons. The van der Waals surface area contributed by atoms with Gasteiger partial charge in [0.25, 0.3) is 0 Å². The van der Waals surface area contributed by atoms with Gasteiger partial charge in [-0.2, -0.15) is 5.10 Å².